The zero-order chi connectivity index (χ0) is 23.5. The van der Waals surface area contributed by atoms with Crippen molar-refractivity contribution in [2.45, 2.75) is 24.7 Å². The molecule has 0 bridgehead atoms. The number of anilines is 2. The van der Waals surface area contributed by atoms with Crippen molar-refractivity contribution in [1.82, 2.24) is 4.98 Å². The van der Waals surface area contributed by atoms with Gasteiger partial charge in [0.25, 0.3) is 10.0 Å². The third kappa shape index (κ3) is 4.79. The first kappa shape index (κ1) is 23.4. The molecular weight excluding hydrogens is 443 g/mol. The summed E-state index contributed by atoms with van der Waals surface area (Å²) in [7, 11) is -2.79. The van der Waals surface area contributed by atoms with Gasteiger partial charge in [-0.05, 0) is 50.1 Å². The topological polar surface area (TPSA) is 123 Å². The predicted molar refractivity (Wildman–Crippen MR) is 114 cm³/mol. The average Bonchev–Trinajstić information content (AvgIpc) is 2.78. The number of rotatable bonds is 7. The molecule has 172 valence electrons. The molecule has 0 radical (unpaired) electrons. The smallest absolute Gasteiger partial charge is 0.311 e. The molecule has 3 rings (SSSR count). The van der Waals surface area contributed by atoms with E-state index in [0.29, 0.717) is 25.9 Å². The fourth-order valence-corrected chi connectivity index (χ4v) is 4.60. The van der Waals surface area contributed by atoms with Gasteiger partial charge in [0.1, 0.15) is 11.6 Å². The molecule has 0 spiro atoms. The fraction of sp³-hybridized carbons (Fsp3) is 0.400. The molecular formula is C20H23FN4O6S. The molecule has 1 aliphatic heterocycles. The highest BCUT2D eigenvalue weighted by Crippen LogP contribution is 2.33. The number of benzene rings is 1. The van der Waals surface area contributed by atoms with Crippen LogP contribution in [0.3, 0.4) is 0 Å². The van der Waals surface area contributed by atoms with Gasteiger partial charge in [0.2, 0.25) is 5.82 Å². The number of esters is 1. The standard InChI is InChI=1S/C20H23FN4O6S/c1-3-31-20(26)14-10-12-24(13-11-14)19-17(25(27)28)8-9-18(22-19)23(2)32(29,30)16-6-4-15(21)5-7-16/h4-9,14H,3,10-13H2,1-2H3. The van der Waals surface area contributed by atoms with Crippen molar-refractivity contribution >= 4 is 33.3 Å². The van der Waals surface area contributed by atoms with Gasteiger partial charge in [0, 0.05) is 26.2 Å². The van der Waals surface area contributed by atoms with E-state index in [-0.39, 0.29) is 40.7 Å². The molecule has 0 unspecified atom stereocenters. The van der Waals surface area contributed by atoms with Crippen LogP contribution in [0.2, 0.25) is 0 Å². The van der Waals surface area contributed by atoms with Gasteiger partial charge in [0.15, 0.2) is 0 Å². The minimum atomic E-state index is -4.06. The van der Waals surface area contributed by atoms with Crippen molar-refractivity contribution in [3.63, 3.8) is 0 Å². The fourth-order valence-electron chi connectivity index (χ4n) is 3.46. The number of hydrogen-bond acceptors (Lipinski definition) is 8. The van der Waals surface area contributed by atoms with Crippen LogP contribution in [-0.4, -0.2) is 51.0 Å². The molecule has 1 aromatic carbocycles. The minimum absolute atomic E-state index is 0.0240. The maximum Gasteiger partial charge on any atom is 0.311 e. The second kappa shape index (κ2) is 9.47. The van der Waals surface area contributed by atoms with Gasteiger partial charge in [-0.25, -0.2) is 17.8 Å². The first-order valence-electron chi connectivity index (χ1n) is 9.96. The average molecular weight is 466 g/mol. The summed E-state index contributed by atoms with van der Waals surface area (Å²) >= 11 is 0. The van der Waals surface area contributed by atoms with Gasteiger partial charge >= 0.3 is 11.7 Å². The molecule has 1 aliphatic rings. The number of ether oxygens (including phenoxy) is 1. The summed E-state index contributed by atoms with van der Waals surface area (Å²) in [6.07, 6.45) is 0.872. The first-order valence-corrected chi connectivity index (χ1v) is 11.4. The van der Waals surface area contributed by atoms with Crippen LogP contribution in [0.5, 0.6) is 0 Å². The minimum Gasteiger partial charge on any atom is -0.466 e. The maximum atomic E-state index is 13.2. The molecule has 0 saturated carbocycles. The van der Waals surface area contributed by atoms with E-state index >= 15 is 0 Å². The number of aromatic nitrogens is 1. The molecule has 2 aromatic rings. The summed E-state index contributed by atoms with van der Waals surface area (Å²) in [5.41, 5.74) is -0.268. The molecule has 0 aliphatic carbocycles. The molecule has 1 aromatic heterocycles. The number of nitrogens with zero attached hydrogens (tertiary/aromatic N) is 4. The van der Waals surface area contributed by atoms with Gasteiger partial charge in [-0.3, -0.25) is 19.2 Å². The molecule has 2 heterocycles. The third-order valence-corrected chi connectivity index (χ3v) is 7.02. The Morgan fingerprint density at radius 1 is 1.25 bits per heavy atom. The van der Waals surface area contributed by atoms with Gasteiger partial charge in [-0.2, -0.15) is 0 Å². The van der Waals surface area contributed by atoms with Gasteiger partial charge in [-0.15, -0.1) is 0 Å². The molecule has 12 heteroatoms. The summed E-state index contributed by atoms with van der Waals surface area (Å²) in [5, 5.41) is 11.6. The van der Waals surface area contributed by atoms with E-state index in [1.165, 1.54) is 19.2 Å². The highest BCUT2D eigenvalue weighted by atomic mass is 32.2. The van der Waals surface area contributed by atoms with Gasteiger partial charge < -0.3 is 9.64 Å². The number of nitro groups is 1. The zero-order valence-electron chi connectivity index (χ0n) is 17.6. The Kier molecular flexibility index (Phi) is 6.92. The largest absolute Gasteiger partial charge is 0.466 e. The van der Waals surface area contributed by atoms with Crippen LogP contribution in [0.4, 0.5) is 21.7 Å². The first-order chi connectivity index (χ1) is 15.1. The Balaban J connectivity index is 1.89. The Hall–Kier alpha value is -3.28. The number of hydrogen-bond donors (Lipinski definition) is 0. The summed E-state index contributed by atoms with van der Waals surface area (Å²) in [6, 6.07) is 6.77. The van der Waals surface area contributed by atoms with Crippen molar-refractivity contribution in [2.75, 3.05) is 35.9 Å². The van der Waals surface area contributed by atoms with Crippen LogP contribution in [-0.2, 0) is 19.6 Å². The van der Waals surface area contributed by atoms with Gasteiger partial charge in [0.05, 0.1) is 22.3 Å². The highest BCUT2D eigenvalue weighted by Gasteiger charge is 2.31. The number of carbonyl (C=O) groups excluding carboxylic acids is 1. The number of piperidine rings is 1. The van der Waals surface area contributed by atoms with Gasteiger partial charge in [-0.1, -0.05) is 0 Å². The summed E-state index contributed by atoms with van der Waals surface area (Å²) < 4.78 is 44.9. The lowest BCUT2D eigenvalue weighted by Crippen LogP contribution is -2.38. The zero-order valence-corrected chi connectivity index (χ0v) is 18.4. The summed E-state index contributed by atoms with van der Waals surface area (Å²) in [6.45, 7) is 2.66. The lowest BCUT2D eigenvalue weighted by atomic mass is 9.97. The lowest BCUT2D eigenvalue weighted by Gasteiger charge is -2.31. The number of carbonyl (C=O) groups is 1. The number of pyridine rings is 1. The van der Waals surface area contributed by atoms with E-state index in [4.69, 9.17) is 4.74 Å². The highest BCUT2D eigenvalue weighted by molar-refractivity contribution is 7.92. The van der Waals surface area contributed by atoms with Crippen LogP contribution in [0.15, 0.2) is 41.3 Å². The summed E-state index contributed by atoms with van der Waals surface area (Å²) in [4.78, 5) is 28.7. The Bertz CT molecular complexity index is 1100. The third-order valence-electron chi connectivity index (χ3n) is 5.25. The van der Waals surface area contributed by atoms with Crippen LogP contribution in [0.1, 0.15) is 19.8 Å². The Morgan fingerprint density at radius 2 is 1.88 bits per heavy atom. The quantitative estimate of drug-likeness (QED) is 0.347. The predicted octanol–water partition coefficient (Wildman–Crippen LogP) is 2.73. The lowest BCUT2D eigenvalue weighted by molar-refractivity contribution is -0.384. The van der Waals surface area contributed by atoms with Crippen molar-refractivity contribution in [3.05, 3.63) is 52.3 Å². The van der Waals surface area contributed by atoms with Crippen LogP contribution < -0.4 is 9.21 Å². The van der Waals surface area contributed by atoms with E-state index in [9.17, 15) is 27.7 Å². The van der Waals surface area contributed by atoms with Crippen molar-refractivity contribution < 1.29 is 27.3 Å². The van der Waals surface area contributed by atoms with Crippen molar-refractivity contribution in [3.8, 4) is 0 Å². The second-order valence-electron chi connectivity index (χ2n) is 7.21. The van der Waals surface area contributed by atoms with Crippen LogP contribution in [0, 0.1) is 21.8 Å². The number of sulfonamides is 1. The maximum absolute atomic E-state index is 13.2. The monoisotopic (exact) mass is 466 g/mol. The van der Waals surface area contributed by atoms with Crippen LogP contribution in [0.25, 0.3) is 0 Å². The van der Waals surface area contributed by atoms with E-state index in [1.807, 2.05) is 0 Å². The van der Waals surface area contributed by atoms with Crippen molar-refractivity contribution in [2.24, 2.45) is 5.92 Å². The van der Waals surface area contributed by atoms with E-state index in [2.05, 4.69) is 4.98 Å². The molecule has 0 amide bonds. The second-order valence-corrected chi connectivity index (χ2v) is 9.18. The SMILES string of the molecule is CCOC(=O)C1CCN(c2nc(N(C)S(=O)(=O)c3ccc(F)cc3)ccc2[N+](=O)[O-])CC1. The van der Waals surface area contributed by atoms with E-state index in [0.717, 1.165) is 28.6 Å². The van der Waals surface area contributed by atoms with E-state index < -0.39 is 20.8 Å². The Labute approximate surface area is 184 Å². The molecule has 0 N–H and O–H groups in total. The normalized spacial score (nSPS) is 14.8. The van der Waals surface area contributed by atoms with Crippen molar-refractivity contribution in [1.29, 1.82) is 0 Å². The molecule has 1 fully saturated rings. The Morgan fingerprint density at radius 3 is 2.44 bits per heavy atom. The molecule has 10 nitrogen and oxygen atoms in total. The molecule has 32 heavy (non-hydrogen) atoms. The summed E-state index contributed by atoms with van der Waals surface area (Å²) in [5.74, 6) is -1.17. The molecule has 1 saturated heterocycles. The van der Waals surface area contributed by atoms with E-state index in [1.54, 1.807) is 11.8 Å². The van der Waals surface area contributed by atoms with Crippen LogP contribution >= 0.6 is 0 Å². The molecule has 0 atom stereocenters. The number of halogens is 1.